The van der Waals surface area contributed by atoms with Crippen LogP contribution in [0.3, 0.4) is 0 Å². The third-order valence-electron chi connectivity index (χ3n) is 3.42. The van der Waals surface area contributed by atoms with Crippen LogP contribution in [-0.4, -0.2) is 14.8 Å². The van der Waals surface area contributed by atoms with Crippen molar-refractivity contribution in [2.75, 3.05) is 5.32 Å². The lowest BCUT2D eigenvalue weighted by molar-refractivity contribution is 0.665. The van der Waals surface area contributed by atoms with E-state index in [4.69, 9.17) is 0 Å². The quantitative estimate of drug-likeness (QED) is 0.681. The molecule has 24 heavy (non-hydrogen) atoms. The van der Waals surface area contributed by atoms with Gasteiger partial charge in [0.15, 0.2) is 0 Å². The van der Waals surface area contributed by atoms with E-state index in [1.165, 1.54) is 4.68 Å². The molecule has 0 unspecified atom stereocenters. The van der Waals surface area contributed by atoms with Gasteiger partial charge in [0.05, 0.1) is 13.1 Å². The monoisotopic (exact) mass is 384 g/mol. The van der Waals surface area contributed by atoms with Crippen molar-refractivity contribution in [3.05, 3.63) is 87.0 Å². The van der Waals surface area contributed by atoms with Crippen molar-refractivity contribution >= 4 is 27.7 Å². The number of hydrogen-bond acceptors (Lipinski definition) is 3. The molecule has 5 nitrogen and oxygen atoms in total. The van der Waals surface area contributed by atoms with Gasteiger partial charge in [-0.25, -0.2) is 9.48 Å². The molecule has 0 aliphatic carbocycles. The molecule has 0 saturated carbocycles. The molecule has 0 radical (unpaired) electrons. The average molecular weight is 385 g/mol. The third-order valence-corrected chi connectivity index (χ3v) is 3.95. The number of aromatic nitrogens is 3. The molecule has 3 aromatic rings. The molecule has 6 heteroatoms. The molecule has 1 heterocycles. The molecule has 0 aliphatic rings. The van der Waals surface area contributed by atoms with Crippen LogP contribution >= 0.6 is 15.9 Å². The van der Waals surface area contributed by atoms with E-state index >= 15 is 0 Å². The zero-order chi connectivity index (χ0) is 16.8. The predicted octanol–water partition coefficient (Wildman–Crippen LogP) is 3.66. The molecule has 0 fully saturated rings. The predicted molar refractivity (Wildman–Crippen MR) is 99.8 cm³/mol. The molecule has 2 aromatic carbocycles. The third kappa shape index (κ3) is 4.45. The van der Waals surface area contributed by atoms with Crippen molar-refractivity contribution in [2.45, 2.75) is 13.1 Å². The van der Waals surface area contributed by atoms with E-state index < -0.39 is 0 Å². The lowest BCUT2D eigenvalue weighted by atomic mass is 10.2. The second kappa shape index (κ2) is 7.79. The molecule has 1 aromatic heterocycles. The van der Waals surface area contributed by atoms with Crippen molar-refractivity contribution in [3.8, 4) is 0 Å². The topological polar surface area (TPSA) is 62.7 Å². The molecule has 122 valence electrons. The van der Waals surface area contributed by atoms with E-state index in [0.29, 0.717) is 18.9 Å². The number of hydrogen-bond donors (Lipinski definition) is 2. The number of nitrogens with zero attached hydrogens (tertiary/aromatic N) is 2. The van der Waals surface area contributed by atoms with E-state index in [1.54, 1.807) is 0 Å². The van der Waals surface area contributed by atoms with Crippen LogP contribution in [0.25, 0.3) is 6.08 Å². The number of nitrogens with one attached hydrogen (secondary N) is 2. The first-order valence-electron chi connectivity index (χ1n) is 7.58. The maximum atomic E-state index is 11.9. The van der Waals surface area contributed by atoms with Crippen LogP contribution in [-0.2, 0) is 13.1 Å². The van der Waals surface area contributed by atoms with Crippen molar-refractivity contribution in [3.63, 3.8) is 0 Å². The Kier molecular flexibility index (Phi) is 5.28. The lowest BCUT2D eigenvalue weighted by Gasteiger charge is -2.03. The SMILES string of the molecule is O=c1[nH]c(CNc2ccc(Br)cc2)nn1C/C=C/c1ccccc1. The molecule has 0 bridgehead atoms. The largest absolute Gasteiger partial charge is 0.378 e. The zero-order valence-corrected chi connectivity index (χ0v) is 14.5. The Balaban J connectivity index is 1.59. The van der Waals surface area contributed by atoms with Gasteiger partial charge in [-0.1, -0.05) is 58.4 Å². The van der Waals surface area contributed by atoms with Gasteiger partial charge in [0, 0.05) is 10.2 Å². The minimum Gasteiger partial charge on any atom is -0.378 e. The average Bonchev–Trinajstić information content (AvgIpc) is 2.95. The number of aromatic amines is 1. The summed E-state index contributed by atoms with van der Waals surface area (Å²) in [4.78, 5) is 14.7. The fourth-order valence-corrected chi connectivity index (χ4v) is 2.48. The number of halogens is 1. The van der Waals surface area contributed by atoms with Gasteiger partial charge in [0.2, 0.25) is 0 Å². The molecule has 0 saturated heterocycles. The summed E-state index contributed by atoms with van der Waals surface area (Å²) in [5, 5.41) is 7.53. The first-order chi connectivity index (χ1) is 11.7. The summed E-state index contributed by atoms with van der Waals surface area (Å²) in [5.74, 6) is 0.607. The Hall–Kier alpha value is -2.60. The number of anilines is 1. The van der Waals surface area contributed by atoms with E-state index in [2.05, 4.69) is 31.3 Å². The van der Waals surface area contributed by atoms with E-state index in [9.17, 15) is 4.79 Å². The summed E-state index contributed by atoms with van der Waals surface area (Å²) in [6, 6.07) is 17.8. The van der Waals surface area contributed by atoms with E-state index in [-0.39, 0.29) is 5.69 Å². The van der Waals surface area contributed by atoms with Gasteiger partial charge >= 0.3 is 5.69 Å². The van der Waals surface area contributed by atoms with Crippen LogP contribution in [0.4, 0.5) is 5.69 Å². The summed E-state index contributed by atoms with van der Waals surface area (Å²) in [6.45, 7) is 0.898. The van der Waals surface area contributed by atoms with Gasteiger partial charge in [0.1, 0.15) is 5.82 Å². The van der Waals surface area contributed by atoms with Gasteiger partial charge in [-0.05, 0) is 29.8 Å². The minimum atomic E-state index is -0.208. The normalized spacial score (nSPS) is 11.0. The smallest absolute Gasteiger partial charge is 0.343 e. The van der Waals surface area contributed by atoms with Gasteiger partial charge in [-0.3, -0.25) is 4.98 Å². The standard InChI is InChI=1S/C18H17BrN4O/c19-15-8-10-16(11-9-15)20-13-17-21-18(24)23(22-17)12-4-7-14-5-2-1-3-6-14/h1-11,20H,12-13H2,(H,21,22,24)/b7-4+. The zero-order valence-electron chi connectivity index (χ0n) is 12.9. The maximum absolute atomic E-state index is 11.9. The van der Waals surface area contributed by atoms with Crippen LogP contribution in [0.2, 0.25) is 0 Å². The number of rotatable bonds is 6. The number of H-pyrrole nitrogens is 1. The highest BCUT2D eigenvalue weighted by Gasteiger charge is 2.03. The molecule has 0 aliphatic heterocycles. The highest BCUT2D eigenvalue weighted by atomic mass is 79.9. The van der Waals surface area contributed by atoms with E-state index in [1.807, 2.05) is 66.7 Å². The maximum Gasteiger partial charge on any atom is 0.343 e. The Morgan fingerprint density at radius 2 is 1.88 bits per heavy atom. The fourth-order valence-electron chi connectivity index (χ4n) is 2.21. The summed E-state index contributed by atoms with van der Waals surface area (Å²) in [5.41, 5.74) is 1.86. The van der Waals surface area contributed by atoms with Crippen molar-refractivity contribution in [1.82, 2.24) is 14.8 Å². The first-order valence-corrected chi connectivity index (χ1v) is 8.37. The summed E-state index contributed by atoms with van der Waals surface area (Å²) < 4.78 is 2.44. The van der Waals surface area contributed by atoms with Crippen LogP contribution in [0.5, 0.6) is 0 Å². The van der Waals surface area contributed by atoms with Crippen LogP contribution in [0.1, 0.15) is 11.4 Å². The van der Waals surface area contributed by atoms with Gasteiger partial charge in [0.25, 0.3) is 0 Å². The van der Waals surface area contributed by atoms with Gasteiger partial charge in [-0.15, -0.1) is 0 Å². The molecule has 0 spiro atoms. The van der Waals surface area contributed by atoms with Crippen LogP contribution in [0, 0.1) is 0 Å². The number of benzene rings is 2. The molecule has 2 N–H and O–H groups in total. The first kappa shape index (κ1) is 16.3. The minimum absolute atomic E-state index is 0.208. The Labute approximate surface area is 148 Å². The van der Waals surface area contributed by atoms with Crippen molar-refractivity contribution in [2.24, 2.45) is 0 Å². The lowest BCUT2D eigenvalue weighted by Crippen LogP contribution is -2.16. The second-order valence-electron chi connectivity index (χ2n) is 5.23. The molecular weight excluding hydrogens is 368 g/mol. The highest BCUT2D eigenvalue weighted by molar-refractivity contribution is 9.10. The van der Waals surface area contributed by atoms with Gasteiger partial charge < -0.3 is 5.32 Å². The molecule has 0 atom stereocenters. The summed E-state index contributed by atoms with van der Waals surface area (Å²) >= 11 is 3.40. The Morgan fingerprint density at radius 3 is 2.62 bits per heavy atom. The Bertz CT molecular complexity index is 866. The van der Waals surface area contributed by atoms with Gasteiger partial charge in [-0.2, -0.15) is 5.10 Å². The van der Waals surface area contributed by atoms with E-state index in [0.717, 1.165) is 15.7 Å². The molecule has 0 amide bonds. The van der Waals surface area contributed by atoms with Crippen molar-refractivity contribution < 1.29 is 0 Å². The summed E-state index contributed by atoms with van der Waals surface area (Å²) in [7, 11) is 0. The summed E-state index contributed by atoms with van der Waals surface area (Å²) in [6.07, 6.45) is 3.89. The molecule has 3 rings (SSSR count). The number of allylic oxidation sites excluding steroid dienone is 1. The van der Waals surface area contributed by atoms with Crippen LogP contribution in [0.15, 0.2) is 69.9 Å². The highest BCUT2D eigenvalue weighted by Crippen LogP contribution is 2.14. The fraction of sp³-hybridized carbons (Fsp3) is 0.111. The van der Waals surface area contributed by atoms with Crippen LogP contribution < -0.4 is 11.0 Å². The van der Waals surface area contributed by atoms with Crippen molar-refractivity contribution in [1.29, 1.82) is 0 Å². The molecular formula is C18H17BrN4O. The Morgan fingerprint density at radius 1 is 1.12 bits per heavy atom. The second-order valence-corrected chi connectivity index (χ2v) is 6.15.